The lowest BCUT2D eigenvalue weighted by atomic mass is 10.2. The van der Waals surface area contributed by atoms with E-state index in [4.69, 9.17) is 0 Å². The minimum atomic E-state index is 0.779. The Hall–Kier alpha value is -1.20. The monoisotopic (exact) mass is 308 g/mol. The van der Waals surface area contributed by atoms with Crippen molar-refractivity contribution in [2.75, 3.05) is 6.54 Å². The van der Waals surface area contributed by atoms with Crippen LogP contribution in [0.2, 0.25) is 0 Å². The van der Waals surface area contributed by atoms with Crippen LogP contribution in [-0.2, 0) is 6.54 Å². The molecule has 2 rings (SSSR count). The molecule has 0 fully saturated rings. The van der Waals surface area contributed by atoms with Gasteiger partial charge in [-0.3, -0.25) is 0 Å². The van der Waals surface area contributed by atoms with Crippen LogP contribution in [0.4, 0.5) is 0 Å². The van der Waals surface area contributed by atoms with Gasteiger partial charge in [0.15, 0.2) is 0 Å². The van der Waals surface area contributed by atoms with Crippen molar-refractivity contribution in [1.82, 2.24) is 20.3 Å². The molecule has 0 amide bonds. The van der Waals surface area contributed by atoms with E-state index in [9.17, 15) is 0 Å². The van der Waals surface area contributed by atoms with Crippen molar-refractivity contribution in [2.24, 2.45) is 0 Å². The average molecular weight is 309 g/mol. The first-order valence-electron chi connectivity index (χ1n) is 6.09. The van der Waals surface area contributed by atoms with Crippen molar-refractivity contribution in [3.05, 3.63) is 40.1 Å². The maximum atomic E-state index is 4.16. The number of nitrogens with one attached hydrogen (secondary N) is 1. The SMILES string of the molecule is CCCNCc1cnnn1-c1cccc(C)c1Br. The number of benzene rings is 1. The second-order valence-corrected chi connectivity index (χ2v) is 5.01. The molecule has 0 bridgehead atoms. The predicted molar refractivity (Wildman–Crippen MR) is 75.8 cm³/mol. The van der Waals surface area contributed by atoms with Gasteiger partial charge < -0.3 is 5.32 Å². The Morgan fingerprint density at radius 3 is 3.00 bits per heavy atom. The Balaban J connectivity index is 2.28. The van der Waals surface area contributed by atoms with E-state index in [0.717, 1.165) is 35.4 Å². The normalized spacial score (nSPS) is 10.8. The van der Waals surface area contributed by atoms with Crippen molar-refractivity contribution in [2.45, 2.75) is 26.8 Å². The Morgan fingerprint density at radius 1 is 1.39 bits per heavy atom. The molecule has 0 aliphatic carbocycles. The highest BCUT2D eigenvalue weighted by Gasteiger charge is 2.10. The van der Waals surface area contributed by atoms with Crippen molar-refractivity contribution >= 4 is 15.9 Å². The third kappa shape index (κ3) is 2.79. The molecule has 18 heavy (non-hydrogen) atoms. The molecular weight excluding hydrogens is 292 g/mol. The minimum absolute atomic E-state index is 0.779. The molecule has 1 aromatic carbocycles. The molecule has 0 saturated carbocycles. The van der Waals surface area contributed by atoms with Crippen molar-refractivity contribution in [3.63, 3.8) is 0 Å². The standard InChI is InChI=1S/C13H17BrN4/c1-3-7-15-8-11-9-16-17-18(11)12-6-4-5-10(2)13(12)14/h4-6,9,15H,3,7-8H2,1-2H3. The fraction of sp³-hybridized carbons (Fsp3) is 0.385. The molecule has 0 saturated heterocycles. The molecule has 0 atom stereocenters. The molecule has 2 aromatic rings. The van der Waals surface area contributed by atoms with Gasteiger partial charge in [-0.25, -0.2) is 4.68 Å². The van der Waals surface area contributed by atoms with E-state index in [0.29, 0.717) is 0 Å². The zero-order valence-electron chi connectivity index (χ0n) is 10.7. The van der Waals surface area contributed by atoms with Gasteiger partial charge in [-0.2, -0.15) is 0 Å². The van der Waals surface area contributed by atoms with Crippen molar-refractivity contribution in [1.29, 1.82) is 0 Å². The van der Waals surface area contributed by atoms with Gasteiger partial charge in [0, 0.05) is 11.0 Å². The van der Waals surface area contributed by atoms with Gasteiger partial charge in [0.25, 0.3) is 0 Å². The van der Waals surface area contributed by atoms with Crippen LogP contribution in [0.1, 0.15) is 24.6 Å². The van der Waals surface area contributed by atoms with Gasteiger partial charge in [-0.05, 0) is 47.4 Å². The smallest absolute Gasteiger partial charge is 0.0811 e. The number of halogens is 1. The summed E-state index contributed by atoms with van der Waals surface area (Å²) in [6.45, 7) is 6.00. The molecule has 0 aliphatic rings. The van der Waals surface area contributed by atoms with Crippen LogP contribution in [-0.4, -0.2) is 21.5 Å². The Morgan fingerprint density at radius 2 is 2.22 bits per heavy atom. The summed E-state index contributed by atoms with van der Waals surface area (Å²) in [4.78, 5) is 0. The van der Waals surface area contributed by atoms with E-state index in [2.05, 4.69) is 51.5 Å². The molecule has 0 spiro atoms. The molecule has 0 unspecified atom stereocenters. The summed E-state index contributed by atoms with van der Waals surface area (Å²) in [6.07, 6.45) is 2.92. The van der Waals surface area contributed by atoms with E-state index in [1.165, 1.54) is 5.56 Å². The van der Waals surface area contributed by atoms with Gasteiger partial charge >= 0.3 is 0 Å². The van der Waals surface area contributed by atoms with Gasteiger partial charge in [-0.15, -0.1) is 5.10 Å². The first-order valence-corrected chi connectivity index (χ1v) is 6.89. The summed E-state index contributed by atoms with van der Waals surface area (Å²) in [6, 6.07) is 6.13. The summed E-state index contributed by atoms with van der Waals surface area (Å²) in [5.41, 5.74) is 3.28. The zero-order chi connectivity index (χ0) is 13.0. The van der Waals surface area contributed by atoms with Crippen LogP contribution in [0.3, 0.4) is 0 Å². The van der Waals surface area contributed by atoms with Gasteiger partial charge in [0.2, 0.25) is 0 Å². The maximum Gasteiger partial charge on any atom is 0.0811 e. The molecule has 0 radical (unpaired) electrons. The third-order valence-corrected chi connectivity index (χ3v) is 3.78. The lowest BCUT2D eigenvalue weighted by Gasteiger charge is -2.10. The van der Waals surface area contributed by atoms with Gasteiger partial charge in [-0.1, -0.05) is 24.3 Å². The minimum Gasteiger partial charge on any atom is -0.311 e. The third-order valence-electron chi connectivity index (χ3n) is 2.75. The molecule has 1 aromatic heterocycles. The van der Waals surface area contributed by atoms with Crippen molar-refractivity contribution in [3.8, 4) is 5.69 Å². The Kier molecular flexibility index (Phi) is 4.49. The molecule has 1 N–H and O–H groups in total. The molecule has 96 valence electrons. The maximum absolute atomic E-state index is 4.16. The first kappa shape index (κ1) is 13.2. The quantitative estimate of drug-likeness (QED) is 0.864. The lowest BCUT2D eigenvalue weighted by molar-refractivity contribution is 0.640. The van der Waals surface area contributed by atoms with Crippen LogP contribution in [0.5, 0.6) is 0 Å². The number of aromatic nitrogens is 3. The summed E-state index contributed by atoms with van der Waals surface area (Å²) in [5.74, 6) is 0. The number of hydrogen-bond acceptors (Lipinski definition) is 3. The van der Waals surface area contributed by atoms with E-state index in [-0.39, 0.29) is 0 Å². The van der Waals surface area contributed by atoms with E-state index >= 15 is 0 Å². The number of nitrogens with zero attached hydrogens (tertiary/aromatic N) is 3. The number of rotatable bonds is 5. The summed E-state index contributed by atoms with van der Waals surface area (Å²) in [5, 5.41) is 11.5. The van der Waals surface area contributed by atoms with E-state index in [1.54, 1.807) is 6.20 Å². The van der Waals surface area contributed by atoms with Gasteiger partial charge in [0.05, 0.1) is 17.6 Å². The largest absolute Gasteiger partial charge is 0.311 e. The lowest BCUT2D eigenvalue weighted by Crippen LogP contribution is -2.17. The number of aryl methyl sites for hydroxylation is 1. The molecule has 0 aliphatic heterocycles. The van der Waals surface area contributed by atoms with Crippen LogP contribution < -0.4 is 5.32 Å². The van der Waals surface area contributed by atoms with E-state index in [1.807, 2.05) is 16.8 Å². The molecule has 1 heterocycles. The second-order valence-electron chi connectivity index (χ2n) is 4.22. The van der Waals surface area contributed by atoms with Crippen LogP contribution >= 0.6 is 15.9 Å². The Labute approximate surface area is 116 Å². The van der Waals surface area contributed by atoms with Crippen LogP contribution in [0, 0.1) is 6.92 Å². The molecular formula is C13H17BrN4. The second kappa shape index (κ2) is 6.11. The van der Waals surface area contributed by atoms with Gasteiger partial charge in [0.1, 0.15) is 0 Å². The van der Waals surface area contributed by atoms with Crippen LogP contribution in [0.15, 0.2) is 28.9 Å². The average Bonchev–Trinajstić information content (AvgIpc) is 2.81. The highest BCUT2D eigenvalue weighted by Crippen LogP contribution is 2.24. The summed E-state index contributed by atoms with van der Waals surface area (Å²) < 4.78 is 2.94. The van der Waals surface area contributed by atoms with Crippen molar-refractivity contribution < 1.29 is 0 Å². The zero-order valence-corrected chi connectivity index (χ0v) is 12.2. The van der Waals surface area contributed by atoms with E-state index < -0.39 is 0 Å². The Bertz CT molecular complexity index is 521. The number of hydrogen-bond donors (Lipinski definition) is 1. The summed E-state index contributed by atoms with van der Waals surface area (Å²) >= 11 is 3.61. The summed E-state index contributed by atoms with van der Waals surface area (Å²) in [7, 11) is 0. The van der Waals surface area contributed by atoms with Crippen LogP contribution in [0.25, 0.3) is 5.69 Å². The topological polar surface area (TPSA) is 42.7 Å². The predicted octanol–water partition coefficient (Wildman–Crippen LogP) is 2.84. The fourth-order valence-electron chi connectivity index (χ4n) is 1.77. The highest BCUT2D eigenvalue weighted by atomic mass is 79.9. The molecule has 5 heteroatoms. The fourth-order valence-corrected chi connectivity index (χ4v) is 2.20. The highest BCUT2D eigenvalue weighted by molar-refractivity contribution is 9.10. The first-order chi connectivity index (χ1) is 8.74. The molecule has 4 nitrogen and oxygen atoms in total.